The van der Waals surface area contributed by atoms with Gasteiger partial charge in [0.2, 0.25) is 0 Å². The minimum Gasteiger partial charge on any atom is -0.508 e. The van der Waals surface area contributed by atoms with Gasteiger partial charge in [0.1, 0.15) is 5.75 Å². The number of hydrogen-bond acceptors (Lipinski definition) is 2. The van der Waals surface area contributed by atoms with Gasteiger partial charge in [-0.3, -0.25) is 0 Å². The van der Waals surface area contributed by atoms with Crippen LogP contribution in [0.15, 0.2) is 48.5 Å². The Hall–Kier alpha value is -1.51. The van der Waals surface area contributed by atoms with Crippen LogP contribution in [-0.2, 0) is 6.54 Å². The zero-order valence-electron chi connectivity index (χ0n) is 10.2. The maximum Gasteiger partial charge on any atom is 0.115 e. The molecule has 2 aromatic carbocycles. The van der Waals surface area contributed by atoms with E-state index in [9.17, 15) is 5.11 Å². The summed E-state index contributed by atoms with van der Waals surface area (Å²) in [6, 6.07) is 15.3. The Morgan fingerprint density at radius 3 is 2.67 bits per heavy atom. The summed E-state index contributed by atoms with van der Waals surface area (Å²) in [5.74, 6) is 0.296. The molecule has 0 saturated heterocycles. The molecule has 0 spiro atoms. The van der Waals surface area contributed by atoms with Crippen molar-refractivity contribution in [3.05, 3.63) is 64.7 Å². The van der Waals surface area contributed by atoms with Crippen molar-refractivity contribution < 1.29 is 5.11 Å². The lowest BCUT2D eigenvalue weighted by atomic mass is 10.1. The predicted octanol–water partition coefficient (Wildman–Crippen LogP) is 3.90. The molecule has 2 aromatic rings. The maximum atomic E-state index is 9.39. The van der Waals surface area contributed by atoms with Crippen molar-refractivity contribution in [2.45, 2.75) is 19.5 Å². The van der Waals surface area contributed by atoms with Crippen LogP contribution in [0.25, 0.3) is 0 Å². The summed E-state index contributed by atoms with van der Waals surface area (Å²) in [5.41, 5.74) is 2.21. The molecular formula is C15H16ClNO. The third-order valence-electron chi connectivity index (χ3n) is 2.87. The molecule has 0 aliphatic rings. The third-order valence-corrected chi connectivity index (χ3v) is 3.11. The summed E-state index contributed by atoms with van der Waals surface area (Å²) in [6.45, 7) is 2.80. The van der Waals surface area contributed by atoms with Gasteiger partial charge >= 0.3 is 0 Å². The molecule has 0 saturated carbocycles. The number of hydrogen-bond donors (Lipinski definition) is 2. The first-order valence-corrected chi connectivity index (χ1v) is 6.30. The van der Waals surface area contributed by atoms with Gasteiger partial charge in [-0.25, -0.2) is 0 Å². The quantitative estimate of drug-likeness (QED) is 0.875. The Kier molecular flexibility index (Phi) is 4.24. The summed E-state index contributed by atoms with van der Waals surface area (Å²) in [4.78, 5) is 0. The van der Waals surface area contributed by atoms with Crippen LogP contribution in [-0.4, -0.2) is 5.11 Å². The van der Waals surface area contributed by atoms with Crippen molar-refractivity contribution >= 4 is 11.6 Å². The Morgan fingerprint density at radius 2 is 1.94 bits per heavy atom. The Bertz CT molecular complexity index is 527. The van der Waals surface area contributed by atoms with E-state index in [1.165, 1.54) is 0 Å². The number of halogens is 1. The molecule has 1 unspecified atom stereocenters. The summed E-state index contributed by atoms with van der Waals surface area (Å²) < 4.78 is 0. The number of phenols is 1. The molecule has 0 aliphatic heterocycles. The second-order valence-electron chi connectivity index (χ2n) is 4.33. The van der Waals surface area contributed by atoms with Crippen LogP contribution >= 0.6 is 11.6 Å². The van der Waals surface area contributed by atoms with Gasteiger partial charge in [0.05, 0.1) is 0 Å². The molecule has 3 heteroatoms. The fraction of sp³-hybridized carbons (Fsp3) is 0.200. The Morgan fingerprint density at radius 1 is 1.17 bits per heavy atom. The molecule has 2 rings (SSSR count). The standard InChI is InChI=1S/C15H16ClNO/c1-11(13-5-3-6-14(16)9-13)17-10-12-4-2-7-15(18)8-12/h2-9,11,17-18H,10H2,1H3. The molecule has 18 heavy (non-hydrogen) atoms. The monoisotopic (exact) mass is 261 g/mol. The van der Waals surface area contributed by atoms with Crippen LogP contribution in [0.1, 0.15) is 24.1 Å². The second kappa shape index (κ2) is 5.89. The highest BCUT2D eigenvalue weighted by atomic mass is 35.5. The highest BCUT2D eigenvalue weighted by molar-refractivity contribution is 6.30. The molecule has 2 nitrogen and oxygen atoms in total. The molecule has 0 radical (unpaired) electrons. The molecule has 2 N–H and O–H groups in total. The number of nitrogens with one attached hydrogen (secondary N) is 1. The first-order valence-electron chi connectivity index (χ1n) is 5.92. The van der Waals surface area contributed by atoms with E-state index in [0.29, 0.717) is 12.3 Å². The van der Waals surface area contributed by atoms with Crippen molar-refractivity contribution in [3.63, 3.8) is 0 Å². The number of aromatic hydroxyl groups is 1. The largest absolute Gasteiger partial charge is 0.508 e. The molecule has 0 fully saturated rings. The van der Waals surface area contributed by atoms with Crippen molar-refractivity contribution in [1.82, 2.24) is 5.32 Å². The van der Waals surface area contributed by atoms with E-state index in [-0.39, 0.29) is 6.04 Å². The second-order valence-corrected chi connectivity index (χ2v) is 4.76. The SMILES string of the molecule is CC(NCc1cccc(O)c1)c1cccc(Cl)c1. The van der Waals surface area contributed by atoms with Crippen LogP contribution in [0.2, 0.25) is 5.02 Å². The van der Waals surface area contributed by atoms with Crippen LogP contribution < -0.4 is 5.32 Å². The van der Waals surface area contributed by atoms with Crippen LogP contribution in [0.5, 0.6) is 5.75 Å². The van der Waals surface area contributed by atoms with E-state index < -0.39 is 0 Å². The van der Waals surface area contributed by atoms with Crippen LogP contribution in [0.3, 0.4) is 0 Å². The fourth-order valence-corrected chi connectivity index (χ4v) is 2.03. The van der Waals surface area contributed by atoms with E-state index in [2.05, 4.69) is 12.2 Å². The van der Waals surface area contributed by atoms with Gasteiger partial charge in [-0.05, 0) is 42.3 Å². The van der Waals surface area contributed by atoms with Crippen molar-refractivity contribution in [2.24, 2.45) is 0 Å². The van der Waals surface area contributed by atoms with Crippen molar-refractivity contribution in [3.8, 4) is 5.75 Å². The van der Waals surface area contributed by atoms with Crippen molar-refractivity contribution in [1.29, 1.82) is 0 Å². The predicted molar refractivity (Wildman–Crippen MR) is 74.8 cm³/mol. The minimum absolute atomic E-state index is 0.214. The normalized spacial score (nSPS) is 12.3. The molecule has 0 amide bonds. The molecular weight excluding hydrogens is 246 g/mol. The van der Waals surface area contributed by atoms with Crippen LogP contribution in [0, 0.1) is 0 Å². The van der Waals surface area contributed by atoms with E-state index in [0.717, 1.165) is 16.1 Å². The molecule has 0 bridgehead atoms. The minimum atomic E-state index is 0.214. The number of benzene rings is 2. The first kappa shape index (κ1) is 12.9. The number of rotatable bonds is 4. The van der Waals surface area contributed by atoms with E-state index in [4.69, 9.17) is 11.6 Å². The number of phenolic OH excluding ortho intramolecular Hbond substituents is 1. The molecule has 0 aromatic heterocycles. The molecule has 1 atom stereocenters. The van der Waals surface area contributed by atoms with Crippen molar-refractivity contribution in [2.75, 3.05) is 0 Å². The molecule has 94 valence electrons. The summed E-state index contributed by atoms with van der Waals surface area (Å²) >= 11 is 5.97. The smallest absolute Gasteiger partial charge is 0.115 e. The van der Waals surface area contributed by atoms with E-state index >= 15 is 0 Å². The van der Waals surface area contributed by atoms with Gasteiger partial charge in [-0.1, -0.05) is 35.9 Å². The summed E-state index contributed by atoms with van der Waals surface area (Å²) in [6.07, 6.45) is 0. The first-order chi connectivity index (χ1) is 8.65. The summed E-state index contributed by atoms with van der Waals surface area (Å²) in [7, 11) is 0. The lowest BCUT2D eigenvalue weighted by Gasteiger charge is -2.14. The zero-order chi connectivity index (χ0) is 13.0. The molecule has 0 heterocycles. The Balaban J connectivity index is 1.98. The zero-order valence-corrected chi connectivity index (χ0v) is 11.0. The highest BCUT2D eigenvalue weighted by Gasteiger charge is 2.05. The topological polar surface area (TPSA) is 32.3 Å². The molecule has 0 aliphatic carbocycles. The summed E-state index contributed by atoms with van der Waals surface area (Å²) in [5, 5.41) is 13.5. The van der Waals surface area contributed by atoms with Gasteiger partial charge in [0.15, 0.2) is 0 Å². The lowest BCUT2D eigenvalue weighted by Crippen LogP contribution is -2.17. The van der Waals surface area contributed by atoms with Gasteiger partial charge < -0.3 is 10.4 Å². The van der Waals surface area contributed by atoms with Crippen LogP contribution in [0.4, 0.5) is 0 Å². The lowest BCUT2D eigenvalue weighted by molar-refractivity contribution is 0.473. The average molecular weight is 262 g/mol. The van der Waals surface area contributed by atoms with Gasteiger partial charge in [0.25, 0.3) is 0 Å². The fourth-order valence-electron chi connectivity index (χ4n) is 1.83. The third kappa shape index (κ3) is 3.49. The van der Waals surface area contributed by atoms with Gasteiger partial charge in [-0.15, -0.1) is 0 Å². The highest BCUT2D eigenvalue weighted by Crippen LogP contribution is 2.18. The van der Waals surface area contributed by atoms with Gasteiger partial charge in [0, 0.05) is 17.6 Å². The Labute approximate surface area is 112 Å². The van der Waals surface area contributed by atoms with Gasteiger partial charge in [-0.2, -0.15) is 0 Å². The maximum absolute atomic E-state index is 9.39. The van der Waals surface area contributed by atoms with E-state index in [1.54, 1.807) is 12.1 Å². The van der Waals surface area contributed by atoms with E-state index in [1.807, 2.05) is 36.4 Å². The average Bonchev–Trinajstić information content (AvgIpc) is 2.36.